The van der Waals surface area contributed by atoms with Crippen molar-refractivity contribution in [2.75, 3.05) is 31.2 Å². The summed E-state index contributed by atoms with van der Waals surface area (Å²) >= 11 is 0. The summed E-state index contributed by atoms with van der Waals surface area (Å²) in [6.07, 6.45) is 1.63. The van der Waals surface area contributed by atoms with Gasteiger partial charge in [0, 0.05) is 19.3 Å². The molecule has 0 bridgehead atoms. The number of rotatable bonds is 4. The van der Waals surface area contributed by atoms with Crippen LogP contribution in [-0.2, 0) is 0 Å². The molecule has 66 valence electrons. The zero-order valence-corrected chi connectivity index (χ0v) is 7.04. The van der Waals surface area contributed by atoms with Gasteiger partial charge in [-0.1, -0.05) is 0 Å². The van der Waals surface area contributed by atoms with E-state index < -0.39 is 0 Å². The highest BCUT2D eigenvalue weighted by molar-refractivity contribution is 5.37. The van der Waals surface area contributed by atoms with Gasteiger partial charge in [-0.25, -0.2) is 4.98 Å². The molecular weight excluding hydrogens is 154 g/mol. The molecule has 0 saturated carbocycles. The Morgan fingerprint density at radius 3 is 3.00 bits per heavy atom. The van der Waals surface area contributed by atoms with Gasteiger partial charge in [0.25, 0.3) is 0 Å². The first-order chi connectivity index (χ1) is 5.83. The Balaban J connectivity index is 2.41. The van der Waals surface area contributed by atoms with Crippen LogP contribution in [0.15, 0.2) is 12.3 Å². The predicted molar refractivity (Wildman–Crippen MR) is 48.9 cm³/mol. The van der Waals surface area contributed by atoms with E-state index in [-0.39, 0.29) is 0 Å². The summed E-state index contributed by atoms with van der Waals surface area (Å²) in [5.41, 5.74) is 5.38. The molecule has 12 heavy (non-hydrogen) atoms. The summed E-state index contributed by atoms with van der Waals surface area (Å²) in [6.45, 7) is 1.72. The predicted octanol–water partition coefficient (Wildman–Crippen LogP) is -0.310. The van der Waals surface area contributed by atoms with E-state index in [0.717, 1.165) is 18.9 Å². The Hall–Kier alpha value is -1.36. The van der Waals surface area contributed by atoms with Crippen molar-refractivity contribution in [2.24, 2.45) is 0 Å². The molecule has 0 fully saturated rings. The summed E-state index contributed by atoms with van der Waals surface area (Å²) in [7, 11) is 1.90. The van der Waals surface area contributed by atoms with E-state index >= 15 is 0 Å². The van der Waals surface area contributed by atoms with Crippen molar-refractivity contribution in [1.82, 2.24) is 15.3 Å². The Morgan fingerprint density at radius 1 is 1.50 bits per heavy atom. The molecule has 1 rings (SSSR count). The molecule has 0 aliphatic heterocycles. The number of aromatic nitrogens is 2. The van der Waals surface area contributed by atoms with Crippen molar-refractivity contribution in [3.63, 3.8) is 0 Å². The maximum Gasteiger partial charge on any atom is 0.221 e. The van der Waals surface area contributed by atoms with Crippen LogP contribution in [0.1, 0.15) is 0 Å². The van der Waals surface area contributed by atoms with Crippen LogP contribution in [0.2, 0.25) is 0 Å². The highest BCUT2D eigenvalue weighted by Gasteiger charge is 1.92. The van der Waals surface area contributed by atoms with Crippen LogP contribution in [0.4, 0.5) is 11.8 Å². The van der Waals surface area contributed by atoms with Crippen LogP contribution >= 0.6 is 0 Å². The van der Waals surface area contributed by atoms with E-state index in [1.54, 1.807) is 12.3 Å². The van der Waals surface area contributed by atoms with Crippen LogP contribution in [-0.4, -0.2) is 30.1 Å². The second-order valence-electron chi connectivity index (χ2n) is 2.33. The van der Waals surface area contributed by atoms with Crippen LogP contribution in [0.3, 0.4) is 0 Å². The fourth-order valence-corrected chi connectivity index (χ4v) is 0.788. The standard InChI is InChI=1S/C7H13N5/c1-9-4-5-10-6-2-3-11-7(8)12-6/h2-3,9H,4-5H2,1H3,(H3,8,10,11,12). The fourth-order valence-electron chi connectivity index (χ4n) is 0.788. The maximum absolute atomic E-state index is 5.38. The van der Waals surface area contributed by atoms with Crippen molar-refractivity contribution in [2.45, 2.75) is 0 Å². The number of nitrogen functional groups attached to an aromatic ring is 1. The van der Waals surface area contributed by atoms with Crippen molar-refractivity contribution >= 4 is 11.8 Å². The van der Waals surface area contributed by atoms with Crippen LogP contribution in [0, 0.1) is 0 Å². The largest absolute Gasteiger partial charge is 0.369 e. The second-order valence-corrected chi connectivity index (χ2v) is 2.33. The molecule has 0 aromatic carbocycles. The fraction of sp³-hybridized carbons (Fsp3) is 0.429. The first kappa shape index (κ1) is 8.73. The summed E-state index contributed by atoms with van der Waals surface area (Å²) < 4.78 is 0. The zero-order chi connectivity index (χ0) is 8.81. The summed E-state index contributed by atoms with van der Waals surface area (Å²) in [6, 6.07) is 1.78. The third kappa shape index (κ3) is 2.71. The van der Waals surface area contributed by atoms with Crippen LogP contribution < -0.4 is 16.4 Å². The summed E-state index contributed by atoms with van der Waals surface area (Å²) in [5.74, 6) is 1.06. The van der Waals surface area contributed by atoms with Gasteiger partial charge in [0.05, 0.1) is 0 Å². The molecule has 4 N–H and O–H groups in total. The molecule has 0 aliphatic carbocycles. The molecule has 0 radical (unpaired) electrons. The van der Waals surface area contributed by atoms with Gasteiger partial charge in [-0.05, 0) is 13.1 Å². The number of nitrogens with zero attached hydrogens (tertiary/aromatic N) is 2. The van der Waals surface area contributed by atoms with Crippen LogP contribution in [0.25, 0.3) is 0 Å². The topological polar surface area (TPSA) is 75.9 Å². The molecule has 5 nitrogen and oxygen atoms in total. The lowest BCUT2D eigenvalue weighted by Crippen LogP contribution is -2.18. The number of hydrogen-bond acceptors (Lipinski definition) is 5. The van der Waals surface area contributed by atoms with Gasteiger partial charge in [0.15, 0.2) is 0 Å². The van der Waals surface area contributed by atoms with Gasteiger partial charge in [-0.3, -0.25) is 0 Å². The average molecular weight is 167 g/mol. The molecule has 5 heteroatoms. The minimum absolute atomic E-state index is 0.296. The average Bonchev–Trinajstić information content (AvgIpc) is 2.05. The lowest BCUT2D eigenvalue weighted by atomic mass is 10.5. The Labute approximate surface area is 71.4 Å². The van der Waals surface area contributed by atoms with E-state index in [0.29, 0.717) is 5.95 Å². The van der Waals surface area contributed by atoms with E-state index in [4.69, 9.17) is 5.73 Å². The number of likely N-dealkylation sites (N-methyl/N-ethyl adjacent to an activating group) is 1. The molecule has 0 unspecified atom stereocenters. The smallest absolute Gasteiger partial charge is 0.221 e. The van der Waals surface area contributed by atoms with Gasteiger partial charge < -0.3 is 16.4 Å². The van der Waals surface area contributed by atoms with Gasteiger partial charge >= 0.3 is 0 Å². The molecule has 0 amide bonds. The van der Waals surface area contributed by atoms with Gasteiger partial charge in [-0.15, -0.1) is 0 Å². The Kier molecular flexibility index (Phi) is 3.28. The van der Waals surface area contributed by atoms with Crippen molar-refractivity contribution in [3.05, 3.63) is 12.3 Å². The maximum atomic E-state index is 5.38. The molecule has 1 heterocycles. The number of nitrogens with one attached hydrogen (secondary N) is 2. The highest BCUT2D eigenvalue weighted by Crippen LogP contribution is 2.00. The highest BCUT2D eigenvalue weighted by atomic mass is 15.1. The van der Waals surface area contributed by atoms with E-state index in [1.165, 1.54) is 0 Å². The molecule has 0 aliphatic rings. The minimum atomic E-state index is 0.296. The normalized spacial score (nSPS) is 9.75. The number of nitrogens with two attached hydrogens (primary N) is 1. The lowest BCUT2D eigenvalue weighted by molar-refractivity contribution is 0.821. The minimum Gasteiger partial charge on any atom is -0.369 e. The molecule has 0 atom stereocenters. The van der Waals surface area contributed by atoms with Crippen molar-refractivity contribution in [3.8, 4) is 0 Å². The zero-order valence-electron chi connectivity index (χ0n) is 7.04. The third-order valence-corrected chi connectivity index (χ3v) is 1.36. The van der Waals surface area contributed by atoms with E-state index in [2.05, 4.69) is 20.6 Å². The van der Waals surface area contributed by atoms with Gasteiger partial charge in [-0.2, -0.15) is 4.98 Å². The Bertz CT molecular complexity index is 237. The number of anilines is 2. The molecule has 0 spiro atoms. The summed E-state index contributed by atoms with van der Waals surface area (Å²) in [4.78, 5) is 7.75. The number of hydrogen-bond donors (Lipinski definition) is 3. The van der Waals surface area contributed by atoms with Gasteiger partial charge in [0.2, 0.25) is 5.95 Å². The Morgan fingerprint density at radius 2 is 2.33 bits per heavy atom. The van der Waals surface area contributed by atoms with Crippen LogP contribution in [0.5, 0.6) is 0 Å². The first-order valence-electron chi connectivity index (χ1n) is 3.80. The van der Waals surface area contributed by atoms with E-state index in [1.807, 2.05) is 7.05 Å². The second kappa shape index (κ2) is 4.50. The quantitative estimate of drug-likeness (QED) is 0.536. The lowest BCUT2D eigenvalue weighted by Gasteiger charge is -2.03. The monoisotopic (exact) mass is 167 g/mol. The molecule has 0 saturated heterocycles. The third-order valence-electron chi connectivity index (χ3n) is 1.36. The summed E-state index contributed by atoms with van der Waals surface area (Å²) in [5, 5.41) is 6.11. The first-order valence-corrected chi connectivity index (χ1v) is 3.80. The molecule has 1 aromatic heterocycles. The van der Waals surface area contributed by atoms with Crippen molar-refractivity contribution < 1.29 is 0 Å². The molecular formula is C7H13N5. The molecule has 1 aromatic rings. The SMILES string of the molecule is CNCCNc1ccnc(N)n1. The van der Waals surface area contributed by atoms with Crippen molar-refractivity contribution in [1.29, 1.82) is 0 Å². The van der Waals surface area contributed by atoms with E-state index in [9.17, 15) is 0 Å². The van der Waals surface area contributed by atoms with Gasteiger partial charge in [0.1, 0.15) is 5.82 Å².